The first-order chi connectivity index (χ1) is 14.2. The fraction of sp³-hybridized carbons (Fsp3) is 0.500. The fourth-order valence-corrected chi connectivity index (χ4v) is 5.65. The minimum Gasteiger partial charge on any atom is -0.412 e. The van der Waals surface area contributed by atoms with Crippen molar-refractivity contribution in [2.75, 3.05) is 12.3 Å². The second-order valence-electron chi connectivity index (χ2n) is 6.02. The van der Waals surface area contributed by atoms with Gasteiger partial charge in [0.05, 0.1) is 12.9 Å². The molecule has 3 rings (SSSR count). The molecule has 10 N–H and O–H groups in total. The molecule has 183 valence electrons. The Labute approximate surface area is 205 Å². The molecule has 33 heavy (non-hydrogen) atoms. The van der Waals surface area contributed by atoms with Crippen LogP contribution in [0.25, 0.3) is 11.2 Å². The van der Waals surface area contributed by atoms with E-state index in [0.29, 0.717) is 0 Å². The summed E-state index contributed by atoms with van der Waals surface area (Å²) in [6.45, 7) is -0.956. The van der Waals surface area contributed by atoms with Crippen molar-refractivity contribution in [3.63, 3.8) is 0 Å². The Morgan fingerprint density at radius 2 is 1.67 bits per heavy atom. The van der Waals surface area contributed by atoms with Crippen LogP contribution in [-0.2, 0) is 31.6 Å². The molecule has 1 aliphatic rings. The molecule has 2 aromatic rings. The number of ether oxygens (including phenoxy) is 1. The minimum absolute atomic E-state index is 0. The van der Waals surface area contributed by atoms with Crippen molar-refractivity contribution in [1.29, 1.82) is 0 Å². The molecule has 23 heteroatoms. The average molecular weight is 548 g/mol. The molecule has 1 aliphatic heterocycles. The summed E-state index contributed by atoms with van der Waals surface area (Å²) in [5.41, 5.74) is 6.00. The zero-order valence-corrected chi connectivity index (χ0v) is 21.1. The van der Waals surface area contributed by atoms with Crippen LogP contribution in [0.4, 0.5) is 5.82 Å². The first kappa shape index (κ1) is 30.6. The quantitative estimate of drug-likeness (QED) is 0.129. The van der Waals surface area contributed by atoms with E-state index in [-0.39, 0.29) is 52.0 Å². The average Bonchev–Trinajstić information content (AvgIpc) is 3.13. The maximum atomic E-state index is 11.8. The van der Waals surface area contributed by atoms with Gasteiger partial charge < -0.3 is 45.7 Å². The van der Waals surface area contributed by atoms with Crippen LogP contribution >= 0.6 is 23.5 Å². The summed E-state index contributed by atoms with van der Waals surface area (Å²) in [6, 6.07) is 0. The Hall–Kier alpha value is -0.400. The molecular formula is C10H18N5NaO14P3. The number of rotatable bonds is 8. The van der Waals surface area contributed by atoms with Crippen molar-refractivity contribution < 1.29 is 66.8 Å². The van der Waals surface area contributed by atoms with E-state index in [1.54, 1.807) is 0 Å². The van der Waals surface area contributed by atoms with Crippen molar-refractivity contribution in [1.82, 2.24) is 19.5 Å². The van der Waals surface area contributed by atoms with E-state index in [2.05, 4.69) is 28.1 Å². The van der Waals surface area contributed by atoms with Crippen LogP contribution in [0.2, 0.25) is 0 Å². The molecule has 0 spiro atoms. The van der Waals surface area contributed by atoms with Gasteiger partial charge in [-0.3, -0.25) is 9.09 Å². The standard InChI is InChI=1S/C10H16N5O13P3.Na.H2O/c11-8-5-9(13-2-12-8)15(3-14-5)10-7(17)6(16)4(26-10)1-25-30(21,22)28-31(23,24)27-29(18,19)20;;/h2-4,6-7,10,16-17H,1H2,(H,21,22)(H,23,24)(H2,11,12,13)(H2,18,19,20);;1H2. The van der Waals surface area contributed by atoms with Gasteiger partial charge in [-0.25, -0.2) is 28.6 Å². The Bertz CT molecular complexity index is 1110. The molecule has 0 amide bonds. The molecule has 0 saturated carbocycles. The molecule has 2 aromatic heterocycles. The van der Waals surface area contributed by atoms with Crippen LogP contribution < -0.4 is 5.73 Å². The summed E-state index contributed by atoms with van der Waals surface area (Å²) in [7, 11) is -16.7. The third kappa shape index (κ3) is 7.54. The van der Waals surface area contributed by atoms with Crippen LogP contribution in [0.15, 0.2) is 12.7 Å². The van der Waals surface area contributed by atoms with Crippen LogP contribution in [-0.4, -0.2) is 109 Å². The van der Waals surface area contributed by atoms with Gasteiger partial charge >= 0.3 is 23.5 Å². The largest absolute Gasteiger partial charge is 0.490 e. The zero-order chi connectivity index (χ0) is 23.2. The Kier molecular flexibility index (Phi) is 10.3. The summed E-state index contributed by atoms with van der Waals surface area (Å²) in [5, 5.41) is 20.4. The number of phosphoric acid groups is 3. The fourth-order valence-electron chi connectivity index (χ4n) is 2.62. The normalized spacial score (nSPS) is 26.7. The number of hydrogen-bond acceptors (Lipinski definition) is 13. The predicted molar refractivity (Wildman–Crippen MR) is 105 cm³/mol. The van der Waals surface area contributed by atoms with Gasteiger partial charge in [0.1, 0.15) is 30.2 Å². The smallest absolute Gasteiger partial charge is 0.412 e. The third-order valence-corrected chi connectivity index (χ3v) is 7.62. The van der Waals surface area contributed by atoms with Gasteiger partial charge in [-0.15, -0.1) is 0 Å². The Morgan fingerprint density at radius 3 is 2.27 bits per heavy atom. The zero-order valence-electron chi connectivity index (χ0n) is 16.4. The molecule has 3 heterocycles. The van der Waals surface area contributed by atoms with E-state index in [4.69, 9.17) is 25.2 Å². The number of aromatic nitrogens is 4. The van der Waals surface area contributed by atoms with Crippen molar-refractivity contribution in [2.45, 2.75) is 24.5 Å². The number of imidazole rings is 1. The molecule has 1 fully saturated rings. The van der Waals surface area contributed by atoms with Crippen LogP contribution in [0.1, 0.15) is 6.23 Å². The number of nitrogen functional groups attached to an aromatic ring is 1. The summed E-state index contributed by atoms with van der Waals surface area (Å²) >= 11 is 0. The number of hydrogen-bond donors (Lipinski definition) is 7. The molecule has 6 atom stereocenters. The van der Waals surface area contributed by atoms with Crippen molar-refractivity contribution in [2.24, 2.45) is 0 Å². The molecule has 1 radical (unpaired) electrons. The first-order valence-corrected chi connectivity index (χ1v) is 12.4. The monoisotopic (exact) mass is 548 g/mol. The van der Waals surface area contributed by atoms with Gasteiger partial charge in [-0.1, -0.05) is 0 Å². The van der Waals surface area contributed by atoms with E-state index < -0.39 is 54.6 Å². The number of fused-ring (bicyclic) bond motifs is 1. The van der Waals surface area contributed by atoms with E-state index in [1.165, 1.54) is 10.9 Å². The summed E-state index contributed by atoms with van der Waals surface area (Å²) in [5.74, 6) is 0.0426. The Morgan fingerprint density at radius 1 is 1.03 bits per heavy atom. The van der Waals surface area contributed by atoms with Crippen molar-refractivity contribution in [3.05, 3.63) is 12.7 Å². The topological polar surface area (TPSA) is 311 Å². The predicted octanol–water partition coefficient (Wildman–Crippen LogP) is -2.83. The molecule has 6 unspecified atom stereocenters. The molecule has 0 bridgehead atoms. The maximum Gasteiger partial charge on any atom is 0.490 e. The maximum absolute atomic E-state index is 11.8. The van der Waals surface area contributed by atoms with Crippen molar-refractivity contribution in [3.8, 4) is 0 Å². The van der Waals surface area contributed by atoms with Crippen LogP contribution in [0.3, 0.4) is 0 Å². The summed E-state index contributed by atoms with van der Waals surface area (Å²) in [6.07, 6.45) is -3.69. The molecule has 0 aliphatic carbocycles. The second kappa shape index (κ2) is 11.1. The number of aliphatic hydroxyl groups excluding tert-OH is 2. The van der Waals surface area contributed by atoms with Crippen LogP contribution in [0, 0.1) is 0 Å². The number of nitrogens with zero attached hydrogens (tertiary/aromatic N) is 4. The van der Waals surface area contributed by atoms with E-state index in [9.17, 15) is 28.8 Å². The van der Waals surface area contributed by atoms with Gasteiger partial charge in [0.2, 0.25) is 0 Å². The molecule has 1 saturated heterocycles. The van der Waals surface area contributed by atoms with E-state index >= 15 is 0 Å². The number of aliphatic hydroxyl groups is 2. The van der Waals surface area contributed by atoms with Gasteiger partial charge in [0.15, 0.2) is 17.7 Å². The van der Waals surface area contributed by atoms with E-state index in [1.807, 2.05) is 0 Å². The van der Waals surface area contributed by atoms with Gasteiger partial charge in [0, 0.05) is 29.6 Å². The number of anilines is 1. The van der Waals surface area contributed by atoms with Gasteiger partial charge in [-0.2, -0.15) is 8.62 Å². The van der Waals surface area contributed by atoms with Gasteiger partial charge in [-0.05, 0) is 0 Å². The minimum atomic E-state index is -5.70. The van der Waals surface area contributed by atoms with E-state index in [0.717, 1.165) is 6.33 Å². The molecule has 0 aromatic carbocycles. The van der Waals surface area contributed by atoms with Gasteiger partial charge in [0.25, 0.3) is 0 Å². The SMILES string of the molecule is Nc1ncnc2c1ncn2C1OC(COP(=O)(O)OP(=O)(O)OP(=O)(O)O)C(O)C1O.O.[Na]. The van der Waals surface area contributed by atoms with Crippen molar-refractivity contribution >= 4 is 70.0 Å². The van der Waals surface area contributed by atoms with Crippen LogP contribution in [0.5, 0.6) is 0 Å². The molecular weight excluding hydrogens is 530 g/mol. The second-order valence-corrected chi connectivity index (χ2v) is 10.4. The summed E-state index contributed by atoms with van der Waals surface area (Å²) in [4.78, 5) is 47.2. The summed E-state index contributed by atoms with van der Waals surface area (Å²) < 4.78 is 51.9. The third-order valence-electron chi connectivity index (χ3n) is 3.82. The first-order valence-electron chi connectivity index (χ1n) is 7.92. The Balaban J connectivity index is 0.00000272. The number of nitrogens with two attached hydrogens (primary N) is 1. The number of phosphoric ester groups is 1. The molecule has 19 nitrogen and oxygen atoms in total.